The Morgan fingerprint density at radius 1 is 2.00 bits per heavy atom. The Morgan fingerprint density at radius 2 is 2.50 bits per heavy atom. The minimum Gasteiger partial charge on any atom is -0.294 e. The van der Waals surface area contributed by atoms with E-state index in [1.807, 2.05) is 0 Å². The van der Waals surface area contributed by atoms with Crippen LogP contribution in [0, 0.1) is 6.08 Å². The number of allylic oxidation sites excluding steroid dienone is 1. The highest BCUT2D eigenvalue weighted by Crippen LogP contribution is 1.75. The van der Waals surface area contributed by atoms with Crippen molar-refractivity contribution >= 4 is 5.78 Å². The predicted molar refractivity (Wildman–Crippen MR) is 24.2 cm³/mol. The van der Waals surface area contributed by atoms with E-state index in [1.54, 1.807) is 6.92 Å². The fraction of sp³-hybridized carbons (Fsp3) is 0.400. The van der Waals surface area contributed by atoms with E-state index in [1.165, 1.54) is 0 Å². The van der Waals surface area contributed by atoms with Crippen LogP contribution in [-0.2, 0) is 4.79 Å². The van der Waals surface area contributed by atoms with E-state index in [-0.39, 0.29) is 5.78 Å². The highest BCUT2D eigenvalue weighted by molar-refractivity contribution is 5.84. The van der Waals surface area contributed by atoms with Crippen LogP contribution in [0.4, 0.5) is 0 Å². The lowest BCUT2D eigenvalue weighted by atomic mass is 10.3. The van der Waals surface area contributed by atoms with Crippen LogP contribution in [0.1, 0.15) is 13.3 Å². The molecular weight excluding hydrogens is 76.1 g/mol. The molecule has 1 nitrogen and oxygen atoms in total. The summed E-state index contributed by atoms with van der Waals surface area (Å²) in [5.74, 6) is -0.0185. The molecule has 0 aromatic rings. The van der Waals surface area contributed by atoms with Gasteiger partial charge in [0, 0.05) is 12.5 Å². The van der Waals surface area contributed by atoms with Gasteiger partial charge in [0.15, 0.2) is 5.78 Å². The van der Waals surface area contributed by atoms with Crippen molar-refractivity contribution < 1.29 is 4.79 Å². The van der Waals surface area contributed by atoms with Gasteiger partial charge in [-0.2, -0.15) is 0 Å². The Bertz CT molecular complexity index is 64.3. The number of hydrogen-bond donors (Lipinski definition) is 0. The average Bonchev–Trinajstić information content (AvgIpc) is 1.65. The zero-order valence-corrected chi connectivity index (χ0v) is 3.82. The molecule has 0 aromatic carbocycles. The first-order valence-electron chi connectivity index (χ1n) is 1.87. The van der Waals surface area contributed by atoms with E-state index >= 15 is 0 Å². The highest BCUT2D eigenvalue weighted by Gasteiger charge is 1.83. The second-order valence-corrected chi connectivity index (χ2v) is 0.954. The van der Waals surface area contributed by atoms with Crippen LogP contribution in [0.5, 0.6) is 0 Å². The van der Waals surface area contributed by atoms with Gasteiger partial charge in [-0.1, -0.05) is 13.5 Å². The fourth-order valence-corrected chi connectivity index (χ4v) is 0.125. The first-order valence-corrected chi connectivity index (χ1v) is 1.87. The number of rotatable bonds is 2. The van der Waals surface area contributed by atoms with Gasteiger partial charge in [0.05, 0.1) is 0 Å². The first kappa shape index (κ1) is 5.41. The van der Waals surface area contributed by atoms with Gasteiger partial charge in [0.25, 0.3) is 0 Å². The van der Waals surface area contributed by atoms with Crippen molar-refractivity contribution in [3.05, 3.63) is 12.7 Å². The topological polar surface area (TPSA) is 17.1 Å². The molecule has 0 fully saturated rings. The monoisotopic (exact) mass is 83.0 g/mol. The van der Waals surface area contributed by atoms with E-state index < -0.39 is 0 Å². The van der Waals surface area contributed by atoms with Crippen molar-refractivity contribution in [1.29, 1.82) is 0 Å². The van der Waals surface area contributed by atoms with Crippen molar-refractivity contribution in [2.45, 2.75) is 13.3 Å². The summed E-state index contributed by atoms with van der Waals surface area (Å²) in [7, 11) is 0. The number of carbonyl (C=O) groups excluding carboxylic acids is 1. The first-order chi connectivity index (χ1) is 2.81. The average molecular weight is 83.1 g/mol. The lowest BCUT2D eigenvalue weighted by Crippen LogP contribution is -1.84. The van der Waals surface area contributed by atoms with Crippen molar-refractivity contribution in [3.63, 3.8) is 0 Å². The van der Waals surface area contributed by atoms with Gasteiger partial charge in [0.2, 0.25) is 0 Å². The van der Waals surface area contributed by atoms with Crippen molar-refractivity contribution in [1.82, 2.24) is 0 Å². The van der Waals surface area contributed by atoms with E-state index in [9.17, 15) is 4.79 Å². The van der Waals surface area contributed by atoms with Crippen LogP contribution in [0.2, 0.25) is 0 Å². The van der Waals surface area contributed by atoms with Gasteiger partial charge < -0.3 is 0 Å². The lowest BCUT2D eigenvalue weighted by Gasteiger charge is -1.74. The third-order valence-electron chi connectivity index (χ3n) is 0.518. The molecule has 0 atom stereocenters. The summed E-state index contributed by atoms with van der Waals surface area (Å²) in [6.07, 6.45) is 2.74. The quantitative estimate of drug-likeness (QED) is 0.454. The predicted octanol–water partition coefficient (Wildman–Crippen LogP) is 0.955. The Morgan fingerprint density at radius 3 is 2.50 bits per heavy atom. The van der Waals surface area contributed by atoms with Gasteiger partial charge in [0.1, 0.15) is 0 Å². The van der Waals surface area contributed by atoms with Crippen LogP contribution in [0.25, 0.3) is 0 Å². The van der Waals surface area contributed by atoms with E-state index in [0.717, 1.165) is 0 Å². The minimum atomic E-state index is -0.0185. The molecule has 1 heteroatoms. The molecule has 0 aliphatic carbocycles. The summed E-state index contributed by atoms with van der Waals surface area (Å²) in [4.78, 5) is 10.0. The second kappa shape index (κ2) is 2.64. The normalized spacial score (nSPS) is 7.50. The third-order valence-corrected chi connectivity index (χ3v) is 0.518. The summed E-state index contributed by atoms with van der Waals surface area (Å²) >= 11 is 0. The maximum Gasteiger partial charge on any atom is 0.162 e. The molecule has 0 spiro atoms. The molecule has 0 saturated carbocycles. The fourth-order valence-electron chi connectivity index (χ4n) is 0.125. The molecule has 0 amide bonds. The molecule has 0 rings (SSSR count). The summed E-state index contributed by atoms with van der Waals surface area (Å²) in [5, 5.41) is 0. The van der Waals surface area contributed by atoms with Crippen LogP contribution in [-0.4, -0.2) is 5.78 Å². The van der Waals surface area contributed by atoms with Crippen molar-refractivity contribution in [2.75, 3.05) is 0 Å². The molecule has 6 heavy (non-hydrogen) atoms. The van der Waals surface area contributed by atoms with Gasteiger partial charge in [-0.05, 0) is 0 Å². The standard InChI is InChI=1S/C5H7O/c1-3-5(6)4-2/h1,4H2,2H3. The largest absolute Gasteiger partial charge is 0.294 e. The van der Waals surface area contributed by atoms with Crippen molar-refractivity contribution in [2.24, 2.45) is 0 Å². The van der Waals surface area contributed by atoms with Crippen LogP contribution in [0.3, 0.4) is 0 Å². The molecule has 0 bridgehead atoms. The van der Waals surface area contributed by atoms with Gasteiger partial charge >= 0.3 is 0 Å². The summed E-state index contributed by atoms with van der Waals surface area (Å²) in [6, 6.07) is 0. The Hall–Kier alpha value is -0.590. The Labute approximate surface area is 37.7 Å². The molecule has 0 aliphatic rings. The zero-order valence-electron chi connectivity index (χ0n) is 3.82. The van der Waals surface area contributed by atoms with Crippen molar-refractivity contribution in [3.8, 4) is 0 Å². The molecule has 0 aliphatic heterocycles. The molecule has 0 heterocycles. The van der Waals surface area contributed by atoms with Gasteiger partial charge in [-0.15, -0.1) is 0 Å². The molecule has 0 unspecified atom stereocenters. The second-order valence-electron chi connectivity index (χ2n) is 0.954. The summed E-state index contributed by atoms with van der Waals surface area (Å²) in [6.45, 7) is 4.94. The van der Waals surface area contributed by atoms with Gasteiger partial charge in [-0.25, -0.2) is 0 Å². The van der Waals surface area contributed by atoms with Crippen LogP contribution in [0.15, 0.2) is 6.58 Å². The number of carbonyl (C=O) groups is 1. The summed E-state index contributed by atoms with van der Waals surface area (Å²) < 4.78 is 0. The number of Topliss-reactive ketones (excluding diaryl/α,β-unsaturated/α-hetero) is 1. The third kappa shape index (κ3) is 1.70. The highest BCUT2D eigenvalue weighted by atomic mass is 16.1. The maximum absolute atomic E-state index is 10.0. The van der Waals surface area contributed by atoms with E-state index in [2.05, 4.69) is 12.7 Å². The number of hydrogen-bond acceptors (Lipinski definition) is 1. The zero-order chi connectivity index (χ0) is 4.99. The Kier molecular flexibility index (Phi) is 2.38. The molecule has 0 aromatic heterocycles. The Balaban J connectivity index is 3.23. The summed E-state index contributed by atoms with van der Waals surface area (Å²) in [5.41, 5.74) is 0. The molecule has 0 saturated heterocycles. The SMILES string of the molecule is C=[C]C(=O)CC. The smallest absolute Gasteiger partial charge is 0.162 e. The van der Waals surface area contributed by atoms with E-state index in [4.69, 9.17) is 0 Å². The molecule has 33 valence electrons. The minimum absolute atomic E-state index is 0.0185. The lowest BCUT2D eigenvalue weighted by molar-refractivity contribution is -0.114. The van der Waals surface area contributed by atoms with Gasteiger partial charge in [-0.3, -0.25) is 4.79 Å². The van der Waals surface area contributed by atoms with Crippen LogP contribution >= 0.6 is 0 Å². The molecule has 0 N–H and O–H groups in total. The molecule has 1 radical (unpaired) electrons. The van der Waals surface area contributed by atoms with Crippen LogP contribution < -0.4 is 0 Å². The molecular formula is C5H7O. The van der Waals surface area contributed by atoms with E-state index in [0.29, 0.717) is 6.42 Å². The maximum atomic E-state index is 10.0. The number of ketones is 1.